The highest BCUT2D eigenvalue weighted by Crippen LogP contribution is 2.31. The van der Waals surface area contributed by atoms with Crippen molar-refractivity contribution < 1.29 is 14.3 Å². The number of rotatable bonds is 5. The Kier molecular flexibility index (Phi) is 5.22. The molecule has 1 aliphatic heterocycles. The predicted octanol–water partition coefficient (Wildman–Crippen LogP) is 1.34. The molecule has 0 amide bonds. The van der Waals surface area contributed by atoms with Gasteiger partial charge in [0, 0.05) is 13.7 Å². The fourth-order valence-corrected chi connectivity index (χ4v) is 2.16. The van der Waals surface area contributed by atoms with Crippen molar-refractivity contribution >= 4 is 5.97 Å². The summed E-state index contributed by atoms with van der Waals surface area (Å²) >= 11 is 0. The molecule has 1 saturated heterocycles. The molecule has 1 heterocycles. The predicted molar refractivity (Wildman–Crippen MR) is 62.3 cm³/mol. The Labute approximate surface area is 97.7 Å². The zero-order valence-electron chi connectivity index (χ0n) is 10.5. The summed E-state index contributed by atoms with van der Waals surface area (Å²) in [5.74, 6) is -0.0771. The lowest BCUT2D eigenvalue weighted by Gasteiger charge is -2.35. The second kappa shape index (κ2) is 6.21. The molecule has 2 atom stereocenters. The molecule has 0 radical (unpaired) electrons. The lowest BCUT2D eigenvalue weighted by atomic mass is 9.78. The molecule has 0 aliphatic carbocycles. The van der Waals surface area contributed by atoms with Gasteiger partial charge in [-0.15, -0.1) is 0 Å². The van der Waals surface area contributed by atoms with Gasteiger partial charge in [0.15, 0.2) is 0 Å². The molecule has 0 aromatic carbocycles. The largest absolute Gasteiger partial charge is 0.460 e. The summed E-state index contributed by atoms with van der Waals surface area (Å²) in [4.78, 5) is 12.1. The fourth-order valence-electron chi connectivity index (χ4n) is 2.16. The summed E-state index contributed by atoms with van der Waals surface area (Å²) < 4.78 is 10.4. The van der Waals surface area contributed by atoms with Gasteiger partial charge in [-0.1, -0.05) is 6.92 Å². The van der Waals surface area contributed by atoms with Crippen molar-refractivity contribution in [2.45, 2.75) is 39.2 Å². The number of methoxy groups -OCH3 is 1. The lowest BCUT2D eigenvalue weighted by Crippen LogP contribution is -2.47. The maximum Gasteiger partial charge on any atom is 0.313 e. The third-order valence-corrected chi connectivity index (χ3v) is 3.29. The Morgan fingerprint density at radius 2 is 2.31 bits per heavy atom. The van der Waals surface area contributed by atoms with Crippen molar-refractivity contribution in [1.82, 2.24) is 5.32 Å². The summed E-state index contributed by atoms with van der Waals surface area (Å²) in [6.45, 7) is 6.11. The van der Waals surface area contributed by atoms with Crippen LogP contribution in [0.4, 0.5) is 0 Å². The number of hydrogen-bond acceptors (Lipinski definition) is 4. The van der Waals surface area contributed by atoms with Gasteiger partial charge in [0.1, 0.15) is 6.10 Å². The average molecular weight is 229 g/mol. The van der Waals surface area contributed by atoms with Gasteiger partial charge in [-0.2, -0.15) is 0 Å². The van der Waals surface area contributed by atoms with Crippen molar-refractivity contribution in [2.75, 3.05) is 26.8 Å². The van der Waals surface area contributed by atoms with E-state index in [1.54, 1.807) is 7.11 Å². The van der Waals surface area contributed by atoms with E-state index in [9.17, 15) is 4.79 Å². The molecule has 0 saturated carbocycles. The minimum Gasteiger partial charge on any atom is -0.460 e. The number of carbonyl (C=O) groups excluding carboxylic acids is 1. The quantitative estimate of drug-likeness (QED) is 0.723. The van der Waals surface area contributed by atoms with Crippen molar-refractivity contribution in [1.29, 1.82) is 0 Å². The van der Waals surface area contributed by atoms with Crippen LogP contribution in [-0.2, 0) is 14.3 Å². The maximum absolute atomic E-state index is 12.1. The molecular formula is C12H23NO3. The van der Waals surface area contributed by atoms with Gasteiger partial charge in [-0.3, -0.25) is 4.79 Å². The van der Waals surface area contributed by atoms with E-state index in [0.717, 1.165) is 32.4 Å². The smallest absolute Gasteiger partial charge is 0.313 e. The molecule has 4 nitrogen and oxygen atoms in total. The third kappa shape index (κ3) is 3.19. The monoisotopic (exact) mass is 229 g/mol. The van der Waals surface area contributed by atoms with Crippen LogP contribution in [0.1, 0.15) is 33.1 Å². The SMILES string of the molecule is CCC1(C(=O)OC(C)COC)CCCNC1. The topological polar surface area (TPSA) is 47.6 Å². The van der Waals surface area contributed by atoms with Crippen LogP contribution < -0.4 is 5.32 Å². The average Bonchev–Trinajstić information content (AvgIpc) is 2.30. The number of hydrogen-bond donors (Lipinski definition) is 1. The Morgan fingerprint density at radius 1 is 1.56 bits per heavy atom. The molecule has 94 valence electrons. The first-order valence-electron chi connectivity index (χ1n) is 6.05. The lowest BCUT2D eigenvalue weighted by molar-refractivity contribution is -0.164. The van der Waals surface area contributed by atoms with Crippen LogP contribution in [-0.4, -0.2) is 38.9 Å². The summed E-state index contributed by atoms with van der Waals surface area (Å²) in [5.41, 5.74) is -0.319. The summed E-state index contributed by atoms with van der Waals surface area (Å²) in [7, 11) is 1.61. The molecule has 0 aromatic rings. The van der Waals surface area contributed by atoms with Crippen molar-refractivity contribution in [3.05, 3.63) is 0 Å². The van der Waals surface area contributed by atoms with Gasteiger partial charge in [0.25, 0.3) is 0 Å². The van der Waals surface area contributed by atoms with Gasteiger partial charge in [-0.05, 0) is 32.7 Å². The van der Waals surface area contributed by atoms with Crippen LogP contribution in [0.15, 0.2) is 0 Å². The number of nitrogens with one attached hydrogen (secondary N) is 1. The Bertz CT molecular complexity index is 224. The van der Waals surface area contributed by atoms with Crippen LogP contribution in [0.2, 0.25) is 0 Å². The highest BCUT2D eigenvalue weighted by molar-refractivity contribution is 5.77. The van der Waals surface area contributed by atoms with Gasteiger partial charge >= 0.3 is 5.97 Å². The first-order valence-corrected chi connectivity index (χ1v) is 6.05. The van der Waals surface area contributed by atoms with Crippen LogP contribution in [0, 0.1) is 5.41 Å². The highest BCUT2D eigenvalue weighted by atomic mass is 16.6. The minimum absolute atomic E-state index is 0.0771. The number of ether oxygens (including phenoxy) is 2. The van der Waals surface area contributed by atoms with E-state index in [2.05, 4.69) is 12.2 Å². The summed E-state index contributed by atoms with van der Waals surface area (Å²) in [5, 5.41) is 3.28. The molecule has 0 aromatic heterocycles. The van der Waals surface area contributed by atoms with E-state index in [1.807, 2.05) is 6.92 Å². The number of esters is 1. The molecule has 0 spiro atoms. The fraction of sp³-hybridized carbons (Fsp3) is 0.917. The van der Waals surface area contributed by atoms with E-state index in [-0.39, 0.29) is 17.5 Å². The standard InChI is InChI=1S/C12H23NO3/c1-4-12(6-5-7-13-9-12)11(14)16-10(2)8-15-3/h10,13H,4-9H2,1-3H3. The van der Waals surface area contributed by atoms with Gasteiger partial charge in [0.2, 0.25) is 0 Å². The first-order chi connectivity index (χ1) is 7.64. The Balaban J connectivity index is 2.54. The zero-order chi connectivity index (χ0) is 12.0. The van der Waals surface area contributed by atoms with E-state index < -0.39 is 0 Å². The third-order valence-electron chi connectivity index (χ3n) is 3.29. The van der Waals surface area contributed by atoms with Crippen LogP contribution in [0.5, 0.6) is 0 Å². The molecule has 4 heteroatoms. The summed E-state index contributed by atoms with van der Waals surface area (Å²) in [6, 6.07) is 0. The van der Waals surface area contributed by atoms with Crippen LogP contribution in [0.25, 0.3) is 0 Å². The molecule has 1 aliphatic rings. The van der Waals surface area contributed by atoms with Crippen molar-refractivity contribution in [3.63, 3.8) is 0 Å². The van der Waals surface area contributed by atoms with Crippen LogP contribution in [0.3, 0.4) is 0 Å². The molecule has 0 bridgehead atoms. The highest BCUT2D eigenvalue weighted by Gasteiger charge is 2.39. The van der Waals surface area contributed by atoms with Gasteiger partial charge < -0.3 is 14.8 Å². The number of carbonyl (C=O) groups is 1. The van der Waals surface area contributed by atoms with E-state index in [4.69, 9.17) is 9.47 Å². The minimum atomic E-state index is -0.319. The molecule has 1 rings (SSSR count). The van der Waals surface area contributed by atoms with Gasteiger partial charge in [0.05, 0.1) is 12.0 Å². The first kappa shape index (κ1) is 13.5. The maximum atomic E-state index is 12.1. The molecule has 16 heavy (non-hydrogen) atoms. The Morgan fingerprint density at radius 3 is 2.81 bits per heavy atom. The molecule has 1 N–H and O–H groups in total. The normalized spacial score (nSPS) is 27.4. The second-order valence-electron chi connectivity index (χ2n) is 4.59. The molecule has 2 unspecified atom stereocenters. The Hall–Kier alpha value is -0.610. The van der Waals surface area contributed by atoms with Crippen LogP contribution >= 0.6 is 0 Å². The van der Waals surface area contributed by atoms with E-state index >= 15 is 0 Å². The molecule has 1 fully saturated rings. The van der Waals surface area contributed by atoms with Crippen molar-refractivity contribution in [2.24, 2.45) is 5.41 Å². The van der Waals surface area contributed by atoms with Gasteiger partial charge in [-0.25, -0.2) is 0 Å². The van der Waals surface area contributed by atoms with E-state index in [1.165, 1.54) is 0 Å². The van der Waals surface area contributed by atoms with E-state index in [0.29, 0.717) is 6.61 Å². The zero-order valence-corrected chi connectivity index (χ0v) is 10.5. The molecular weight excluding hydrogens is 206 g/mol. The summed E-state index contributed by atoms with van der Waals surface area (Å²) in [6.07, 6.45) is 2.64. The number of piperidine rings is 1. The van der Waals surface area contributed by atoms with Crippen molar-refractivity contribution in [3.8, 4) is 0 Å². The second-order valence-corrected chi connectivity index (χ2v) is 4.59.